The smallest absolute Gasteiger partial charge is 0.229 e. The Morgan fingerprint density at radius 2 is 1.87 bits per heavy atom. The Bertz CT molecular complexity index is 227. The Labute approximate surface area is 89.7 Å². The molecule has 1 saturated heterocycles. The number of hydrogen-bond acceptors (Lipinski definition) is 4. The Balaban J connectivity index is 2.34. The van der Waals surface area contributed by atoms with Crippen LogP contribution in [0.5, 0.6) is 0 Å². The minimum absolute atomic E-state index is 0.0694. The van der Waals surface area contributed by atoms with Crippen molar-refractivity contribution in [3.05, 3.63) is 0 Å². The van der Waals surface area contributed by atoms with Gasteiger partial charge in [-0.3, -0.25) is 19.4 Å². The summed E-state index contributed by atoms with van der Waals surface area (Å²) < 4.78 is 0. The highest BCUT2D eigenvalue weighted by Crippen LogP contribution is 2.10. The van der Waals surface area contributed by atoms with Crippen LogP contribution >= 0.6 is 0 Å². The van der Waals surface area contributed by atoms with E-state index < -0.39 is 0 Å². The van der Waals surface area contributed by atoms with Crippen LogP contribution < -0.4 is 0 Å². The molecule has 2 amide bonds. The van der Waals surface area contributed by atoms with E-state index in [1.54, 1.807) is 0 Å². The summed E-state index contributed by atoms with van der Waals surface area (Å²) in [5.74, 6) is -0.139. The average molecular weight is 214 g/mol. The van der Waals surface area contributed by atoms with E-state index in [4.69, 9.17) is 5.11 Å². The molecule has 0 aliphatic carbocycles. The van der Waals surface area contributed by atoms with Crippen LogP contribution in [-0.2, 0) is 9.59 Å². The van der Waals surface area contributed by atoms with Gasteiger partial charge in [-0.05, 0) is 6.54 Å². The molecule has 0 aromatic heterocycles. The van der Waals surface area contributed by atoms with Crippen molar-refractivity contribution < 1.29 is 14.7 Å². The lowest BCUT2D eigenvalue weighted by Gasteiger charge is -2.22. The number of aliphatic hydroxyl groups is 1. The van der Waals surface area contributed by atoms with Gasteiger partial charge in [-0.1, -0.05) is 6.92 Å². The molecule has 5 heteroatoms. The molecule has 0 unspecified atom stereocenters. The van der Waals surface area contributed by atoms with Crippen LogP contribution in [0.3, 0.4) is 0 Å². The number of nitrogens with zero attached hydrogens (tertiary/aromatic N) is 2. The molecule has 0 bridgehead atoms. The summed E-state index contributed by atoms with van der Waals surface area (Å²) in [6, 6.07) is 0. The molecule has 1 N–H and O–H groups in total. The number of hydrogen-bond donors (Lipinski definition) is 1. The first-order chi connectivity index (χ1) is 7.19. The second-order valence-electron chi connectivity index (χ2n) is 3.60. The first-order valence-electron chi connectivity index (χ1n) is 5.35. The van der Waals surface area contributed by atoms with Gasteiger partial charge in [0.25, 0.3) is 0 Å². The van der Waals surface area contributed by atoms with E-state index in [-0.39, 0.29) is 18.4 Å². The Morgan fingerprint density at radius 1 is 1.27 bits per heavy atom. The number of imide groups is 1. The molecule has 15 heavy (non-hydrogen) atoms. The Kier molecular flexibility index (Phi) is 4.71. The van der Waals surface area contributed by atoms with Crippen LogP contribution in [0.1, 0.15) is 19.8 Å². The molecular formula is C10H18N2O3. The Hall–Kier alpha value is -0.940. The van der Waals surface area contributed by atoms with Crippen molar-refractivity contribution in [2.75, 3.05) is 32.8 Å². The van der Waals surface area contributed by atoms with E-state index in [1.807, 2.05) is 11.8 Å². The summed E-state index contributed by atoms with van der Waals surface area (Å²) in [5, 5.41) is 8.77. The molecule has 1 fully saturated rings. The fraction of sp³-hybridized carbons (Fsp3) is 0.800. The van der Waals surface area contributed by atoms with Gasteiger partial charge in [0.1, 0.15) is 0 Å². The molecule has 1 aliphatic rings. The summed E-state index contributed by atoms with van der Waals surface area (Å²) in [6.07, 6.45) is 0.704. The molecule has 1 heterocycles. The molecule has 1 rings (SSSR count). The maximum atomic E-state index is 11.3. The molecule has 1 aliphatic heterocycles. The maximum absolute atomic E-state index is 11.3. The number of likely N-dealkylation sites (N-methyl/N-ethyl adjacent to an activating group) is 1. The van der Waals surface area contributed by atoms with Gasteiger partial charge in [-0.15, -0.1) is 0 Å². The molecular weight excluding hydrogens is 196 g/mol. The van der Waals surface area contributed by atoms with Crippen LogP contribution in [0.25, 0.3) is 0 Å². The Morgan fingerprint density at radius 3 is 2.33 bits per heavy atom. The number of amides is 2. The van der Waals surface area contributed by atoms with E-state index in [9.17, 15) is 9.59 Å². The second kappa shape index (κ2) is 5.82. The van der Waals surface area contributed by atoms with Gasteiger partial charge >= 0.3 is 0 Å². The minimum atomic E-state index is -0.0694. The molecule has 0 saturated carbocycles. The molecule has 0 radical (unpaired) electrons. The molecule has 5 nitrogen and oxygen atoms in total. The highest BCUT2D eigenvalue weighted by molar-refractivity contribution is 6.01. The quantitative estimate of drug-likeness (QED) is 0.603. The first kappa shape index (κ1) is 12.1. The van der Waals surface area contributed by atoms with Crippen LogP contribution in [0.4, 0.5) is 0 Å². The molecule has 0 aromatic carbocycles. The van der Waals surface area contributed by atoms with Gasteiger partial charge in [0.15, 0.2) is 0 Å². The fourth-order valence-corrected chi connectivity index (χ4v) is 1.68. The number of aliphatic hydroxyl groups excluding tert-OH is 1. The number of rotatable bonds is 6. The van der Waals surface area contributed by atoms with Crippen LogP contribution in [0.15, 0.2) is 0 Å². The van der Waals surface area contributed by atoms with Gasteiger partial charge in [0.2, 0.25) is 11.8 Å². The average Bonchev–Trinajstić information content (AvgIpc) is 2.54. The monoisotopic (exact) mass is 214 g/mol. The van der Waals surface area contributed by atoms with Crippen molar-refractivity contribution in [3.8, 4) is 0 Å². The van der Waals surface area contributed by atoms with Gasteiger partial charge in [-0.2, -0.15) is 0 Å². The molecule has 0 spiro atoms. The van der Waals surface area contributed by atoms with E-state index in [0.29, 0.717) is 32.5 Å². The largest absolute Gasteiger partial charge is 0.395 e. The lowest BCUT2D eigenvalue weighted by atomic mass is 10.4. The summed E-state index contributed by atoms with van der Waals surface area (Å²) in [7, 11) is 0. The van der Waals surface area contributed by atoms with Gasteiger partial charge < -0.3 is 5.11 Å². The third-order valence-electron chi connectivity index (χ3n) is 2.66. The van der Waals surface area contributed by atoms with Gasteiger partial charge in [0.05, 0.1) is 6.61 Å². The topological polar surface area (TPSA) is 60.9 Å². The zero-order valence-electron chi connectivity index (χ0n) is 9.11. The van der Waals surface area contributed by atoms with E-state index >= 15 is 0 Å². The molecule has 0 aromatic rings. The maximum Gasteiger partial charge on any atom is 0.229 e. The SMILES string of the molecule is CCN(CCO)CCN1C(=O)CCC1=O. The summed E-state index contributed by atoms with van der Waals surface area (Å²) >= 11 is 0. The second-order valence-corrected chi connectivity index (χ2v) is 3.60. The first-order valence-corrected chi connectivity index (χ1v) is 5.35. The third kappa shape index (κ3) is 3.28. The summed E-state index contributed by atoms with van der Waals surface area (Å²) in [6.45, 7) is 4.60. The zero-order valence-corrected chi connectivity index (χ0v) is 9.11. The van der Waals surface area contributed by atoms with Crippen molar-refractivity contribution in [3.63, 3.8) is 0 Å². The zero-order chi connectivity index (χ0) is 11.3. The summed E-state index contributed by atoms with van der Waals surface area (Å²) in [5.41, 5.74) is 0. The van der Waals surface area contributed by atoms with E-state index in [2.05, 4.69) is 0 Å². The molecule has 0 atom stereocenters. The van der Waals surface area contributed by atoms with Crippen molar-refractivity contribution in [2.24, 2.45) is 0 Å². The third-order valence-corrected chi connectivity index (χ3v) is 2.66. The van der Waals surface area contributed by atoms with Crippen LogP contribution in [0, 0.1) is 0 Å². The van der Waals surface area contributed by atoms with Gasteiger partial charge in [-0.25, -0.2) is 0 Å². The highest BCUT2D eigenvalue weighted by atomic mass is 16.3. The highest BCUT2D eigenvalue weighted by Gasteiger charge is 2.28. The standard InChI is InChI=1S/C10H18N2O3/c1-2-11(7-8-13)5-6-12-9(14)3-4-10(12)15/h13H,2-8H2,1H3. The van der Waals surface area contributed by atoms with Crippen molar-refractivity contribution in [1.29, 1.82) is 0 Å². The van der Waals surface area contributed by atoms with Gasteiger partial charge in [0, 0.05) is 32.5 Å². The predicted octanol–water partition coefficient (Wildman–Crippen LogP) is -0.550. The number of carbonyl (C=O) groups excluding carboxylic acids is 2. The van der Waals surface area contributed by atoms with Crippen molar-refractivity contribution >= 4 is 11.8 Å². The summed E-state index contributed by atoms with van der Waals surface area (Å²) in [4.78, 5) is 25.9. The van der Waals surface area contributed by atoms with Crippen LogP contribution in [0.2, 0.25) is 0 Å². The molecule has 86 valence electrons. The van der Waals surface area contributed by atoms with Crippen molar-refractivity contribution in [1.82, 2.24) is 9.80 Å². The normalized spacial score (nSPS) is 16.9. The van der Waals surface area contributed by atoms with Crippen molar-refractivity contribution in [2.45, 2.75) is 19.8 Å². The number of carbonyl (C=O) groups is 2. The predicted molar refractivity (Wildman–Crippen MR) is 55.2 cm³/mol. The number of likely N-dealkylation sites (tertiary alicyclic amines) is 1. The van der Waals surface area contributed by atoms with E-state index in [0.717, 1.165) is 6.54 Å². The van der Waals surface area contributed by atoms with Crippen LogP contribution in [-0.4, -0.2) is 59.5 Å². The lowest BCUT2D eigenvalue weighted by Crippen LogP contribution is -2.38. The minimum Gasteiger partial charge on any atom is -0.395 e. The fourth-order valence-electron chi connectivity index (χ4n) is 1.68. The van der Waals surface area contributed by atoms with E-state index in [1.165, 1.54) is 4.90 Å². The lowest BCUT2D eigenvalue weighted by molar-refractivity contribution is -0.138.